The summed E-state index contributed by atoms with van der Waals surface area (Å²) < 4.78 is 3.40. The van der Waals surface area contributed by atoms with E-state index >= 15 is 0 Å². The summed E-state index contributed by atoms with van der Waals surface area (Å²) in [5.41, 5.74) is 7.27. The van der Waals surface area contributed by atoms with Gasteiger partial charge in [0.05, 0.1) is 24.9 Å². The van der Waals surface area contributed by atoms with Crippen molar-refractivity contribution < 1.29 is 20.1 Å². The van der Waals surface area contributed by atoms with Gasteiger partial charge in [-0.15, -0.1) is 47.3 Å². The van der Waals surface area contributed by atoms with Crippen molar-refractivity contribution in [2.24, 2.45) is 0 Å². The van der Waals surface area contributed by atoms with Gasteiger partial charge < -0.3 is 9.55 Å². The zero-order valence-corrected chi connectivity index (χ0v) is 32.4. The fourth-order valence-electron chi connectivity index (χ4n) is 6.18. The monoisotopic (exact) mass is 859 g/mol. The van der Waals surface area contributed by atoms with Crippen LogP contribution in [0.5, 0.6) is 0 Å². The minimum absolute atomic E-state index is 0. The normalized spacial score (nSPS) is 11.4. The largest absolute Gasteiger partial charge is 0.333 e. The Hall–Kier alpha value is -4.78. The number of para-hydroxylation sites is 3. The first-order valence-electron chi connectivity index (χ1n) is 16.4. The predicted octanol–water partition coefficient (Wildman–Crippen LogP) is 10.8. The van der Waals surface area contributed by atoms with Gasteiger partial charge in [0.1, 0.15) is 4.83 Å². The Labute approximate surface area is 310 Å². The van der Waals surface area contributed by atoms with Crippen LogP contribution in [0.3, 0.4) is 0 Å². The van der Waals surface area contributed by atoms with Gasteiger partial charge in [0.15, 0.2) is 0 Å². The molecule has 0 amide bonds. The molecule has 0 saturated heterocycles. The van der Waals surface area contributed by atoms with Crippen LogP contribution in [0.4, 0.5) is 0 Å². The Morgan fingerprint density at radius 1 is 0.720 bits per heavy atom. The average Bonchev–Trinajstić information content (AvgIpc) is 3.70. The maximum atomic E-state index is 5.02. The number of benzene rings is 5. The van der Waals surface area contributed by atoms with Crippen molar-refractivity contribution in [3.8, 4) is 28.3 Å². The van der Waals surface area contributed by atoms with E-state index in [1.54, 1.807) is 11.3 Å². The summed E-state index contributed by atoms with van der Waals surface area (Å²) in [5, 5.41) is 6.24. The fraction of sp³-hybridized carbons (Fsp3) is 0.0930. The fourth-order valence-corrected chi connectivity index (χ4v) is 8.43. The van der Waals surface area contributed by atoms with Gasteiger partial charge in [0.2, 0.25) is 0 Å². The molecule has 0 fully saturated rings. The molecule has 0 bridgehead atoms. The van der Waals surface area contributed by atoms with Crippen molar-refractivity contribution in [3.05, 3.63) is 151 Å². The Balaban J connectivity index is 0.000000165. The van der Waals surface area contributed by atoms with E-state index in [9.17, 15) is 0 Å². The van der Waals surface area contributed by atoms with Crippen LogP contribution in [-0.2, 0) is 20.1 Å². The number of imidazole rings is 1. The third kappa shape index (κ3) is 6.46. The molecule has 0 aliphatic carbocycles. The third-order valence-corrected chi connectivity index (χ3v) is 12.0. The summed E-state index contributed by atoms with van der Waals surface area (Å²) in [5.74, 6) is 0.909. The maximum Gasteiger partial charge on any atom is 0.113 e. The minimum Gasteiger partial charge on any atom is -0.333 e. The maximum absolute atomic E-state index is 5.02. The van der Waals surface area contributed by atoms with Gasteiger partial charge in [-0.05, 0) is 58.2 Å². The molecule has 0 aliphatic heterocycles. The van der Waals surface area contributed by atoms with Crippen LogP contribution in [0.2, 0.25) is 19.6 Å². The Bertz CT molecular complexity index is 2600. The molecule has 7 heteroatoms. The quantitative estimate of drug-likeness (QED) is 0.131. The predicted molar refractivity (Wildman–Crippen MR) is 210 cm³/mol. The molecule has 4 heterocycles. The smallest absolute Gasteiger partial charge is 0.113 e. The SMILES string of the molecule is C[Si](C)(C)c1ccc(-c2[c-]cc3ccccc3c2)nc1.Cc1ccc2c(n1)sc1c(-c3nc4ccccc4n3-c3ccccc3)[c-]ccc12.[Ir]. The average molecular weight is 859 g/mol. The number of thiophene rings is 1. The van der Waals surface area contributed by atoms with Crippen molar-refractivity contribution in [2.75, 3.05) is 0 Å². The molecular weight excluding hydrogens is 825 g/mol. The summed E-state index contributed by atoms with van der Waals surface area (Å²) in [4.78, 5) is 15.4. The second-order valence-electron chi connectivity index (χ2n) is 13.3. The van der Waals surface area contributed by atoms with E-state index in [0.717, 1.165) is 49.9 Å². The molecule has 9 rings (SSSR count). The summed E-state index contributed by atoms with van der Waals surface area (Å²) in [6.07, 6.45) is 2.03. The first-order valence-corrected chi connectivity index (χ1v) is 20.8. The summed E-state index contributed by atoms with van der Waals surface area (Å²) in [7, 11) is -1.27. The van der Waals surface area contributed by atoms with Crippen LogP contribution in [-0.4, -0.2) is 27.6 Å². The van der Waals surface area contributed by atoms with Gasteiger partial charge in [-0.2, -0.15) is 11.3 Å². The molecule has 0 N–H and O–H groups in total. The topological polar surface area (TPSA) is 43.6 Å². The van der Waals surface area contributed by atoms with Crippen LogP contribution in [0.25, 0.3) is 70.4 Å². The number of hydrogen-bond donors (Lipinski definition) is 0. The van der Waals surface area contributed by atoms with Gasteiger partial charge in [-0.25, -0.2) is 4.98 Å². The molecular formula is C43H34IrN4SSi-2. The molecule has 1 radical (unpaired) electrons. The Kier molecular flexibility index (Phi) is 9.34. The molecule has 0 spiro atoms. The molecule has 0 aliphatic rings. The van der Waals surface area contributed by atoms with E-state index in [1.165, 1.54) is 31.4 Å². The second kappa shape index (κ2) is 13.9. The molecule has 0 atom stereocenters. The number of rotatable bonds is 4. The van der Waals surface area contributed by atoms with Crippen molar-refractivity contribution in [1.29, 1.82) is 0 Å². The summed E-state index contributed by atoms with van der Waals surface area (Å²) in [6.45, 7) is 9.05. The standard InChI is InChI=1S/C25H16N3S.C18H18NSi.Ir/c1-16-14-15-19-18-10-7-11-20(23(18)29-25(19)26-16)24-27-21-12-5-6-13-22(21)28(24)17-8-3-2-4-9-17;1-20(2,3)17-10-11-18(19-13-17)16-9-8-14-6-4-5-7-15(14)12-16;/h2-10,12-15H,1H3;4-8,10-13H,1-3H3;/q2*-1;. The van der Waals surface area contributed by atoms with Gasteiger partial charge >= 0.3 is 0 Å². The van der Waals surface area contributed by atoms with Crippen LogP contribution < -0.4 is 5.19 Å². The molecule has 0 unspecified atom stereocenters. The number of aromatic nitrogens is 4. The van der Waals surface area contributed by atoms with E-state index in [0.29, 0.717) is 0 Å². The van der Waals surface area contributed by atoms with Gasteiger partial charge in [-0.1, -0.05) is 109 Å². The molecule has 0 saturated carbocycles. The van der Waals surface area contributed by atoms with E-state index < -0.39 is 8.07 Å². The van der Waals surface area contributed by atoms with Crippen LogP contribution in [0.1, 0.15) is 5.69 Å². The van der Waals surface area contributed by atoms with Crippen molar-refractivity contribution in [2.45, 2.75) is 26.6 Å². The Morgan fingerprint density at radius 3 is 2.26 bits per heavy atom. The summed E-state index contributed by atoms with van der Waals surface area (Å²) in [6, 6.07) is 50.7. The zero-order chi connectivity index (χ0) is 33.5. The molecule has 247 valence electrons. The number of pyridine rings is 2. The van der Waals surface area contributed by atoms with Crippen molar-refractivity contribution in [1.82, 2.24) is 19.5 Å². The van der Waals surface area contributed by atoms with Gasteiger partial charge in [-0.3, -0.25) is 4.98 Å². The van der Waals surface area contributed by atoms with E-state index in [1.807, 2.05) is 37.4 Å². The molecule has 4 nitrogen and oxygen atoms in total. The first-order chi connectivity index (χ1) is 23.8. The van der Waals surface area contributed by atoms with E-state index in [2.05, 4.69) is 144 Å². The summed E-state index contributed by atoms with van der Waals surface area (Å²) >= 11 is 1.72. The van der Waals surface area contributed by atoms with E-state index in [4.69, 9.17) is 9.97 Å². The van der Waals surface area contributed by atoms with Gasteiger partial charge in [0, 0.05) is 37.7 Å². The van der Waals surface area contributed by atoms with Gasteiger partial charge in [0.25, 0.3) is 0 Å². The third-order valence-electron chi connectivity index (χ3n) is 8.82. The number of fused-ring (bicyclic) bond motifs is 5. The number of hydrogen-bond acceptors (Lipinski definition) is 4. The molecule has 4 aromatic heterocycles. The second-order valence-corrected chi connectivity index (χ2v) is 19.3. The van der Waals surface area contributed by atoms with Crippen LogP contribution in [0, 0.1) is 19.1 Å². The first kappa shape index (κ1) is 33.7. The van der Waals surface area contributed by atoms with Crippen molar-refractivity contribution in [3.63, 3.8) is 0 Å². The number of aryl methyl sites for hydroxylation is 1. The molecule has 50 heavy (non-hydrogen) atoms. The van der Waals surface area contributed by atoms with Crippen molar-refractivity contribution >= 4 is 66.7 Å². The minimum atomic E-state index is -1.27. The zero-order valence-electron chi connectivity index (χ0n) is 28.2. The van der Waals surface area contributed by atoms with E-state index in [-0.39, 0.29) is 20.1 Å². The van der Waals surface area contributed by atoms with Crippen LogP contribution >= 0.6 is 11.3 Å². The van der Waals surface area contributed by atoms with Crippen LogP contribution in [0.15, 0.2) is 134 Å². The molecule has 9 aromatic rings. The molecule has 5 aromatic carbocycles. The Morgan fingerprint density at radius 2 is 1.48 bits per heavy atom. The number of nitrogens with zero attached hydrogens (tertiary/aromatic N) is 4.